The van der Waals surface area contributed by atoms with Gasteiger partial charge in [0.1, 0.15) is 0 Å². The first-order valence-electron chi connectivity index (χ1n) is 6.72. The van der Waals surface area contributed by atoms with Crippen LogP contribution in [0.3, 0.4) is 0 Å². The lowest BCUT2D eigenvalue weighted by Crippen LogP contribution is -1.90. The van der Waals surface area contributed by atoms with Crippen molar-refractivity contribution in [2.45, 2.75) is 71.1 Å². The van der Waals surface area contributed by atoms with Gasteiger partial charge in [0.25, 0.3) is 0 Å². The maximum atomic E-state index is 11.3. The Morgan fingerprint density at radius 2 is 1.35 bits per heavy atom. The summed E-state index contributed by atoms with van der Waals surface area (Å²) in [6.45, 7) is 2.61. The van der Waals surface area contributed by atoms with Gasteiger partial charge in [0.05, 0.1) is 6.61 Å². The van der Waals surface area contributed by atoms with Gasteiger partial charge in [-0.05, 0) is 10.9 Å². The Bertz CT molecular complexity index is 150. The van der Waals surface area contributed by atoms with Crippen LogP contribution in [-0.2, 0) is 9.25 Å². The molecular weight excluding hydrogens is 242 g/mol. The Morgan fingerprint density at radius 1 is 0.882 bits per heavy atom. The third kappa shape index (κ3) is 14.2. The maximum Gasteiger partial charge on any atom is 0.366 e. The van der Waals surface area contributed by atoms with Crippen molar-refractivity contribution < 1.29 is 18.7 Å². The zero-order valence-electron chi connectivity index (χ0n) is 10.9. The molecule has 0 aromatic heterocycles. The molecule has 0 aromatic rings. The Hall–Kier alpha value is 0.240. The van der Waals surface area contributed by atoms with Crippen LogP contribution in [0.2, 0.25) is 0 Å². The molecular formula is C12H26FO3P. The maximum absolute atomic E-state index is 11.3. The molecule has 0 aliphatic rings. The van der Waals surface area contributed by atoms with Gasteiger partial charge in [-0.25, -0.2) is 0 Å². The molecule has 0 heterocycles. The second kappa shape index (κ2) is 14.3. The normalized spacial score (nSPS) is 12.9. The van der Waals surface area contributed by atoms with Gasteiger partial charge in [0.15, 0.2) is 0 Å². The zero-order valence-corrected chi connectivity index (χ0v) is 11.8. The van der Waals surface area contributed by atoms with E-state index < -0.39 is 8.60 Å². The van der Waals surface area contributed by atoms with E-state index in [0.29, 0.717) is 6.61 Å². The van der Waals surface area contributed by atoms with Crippen LogP contribution in [0.5, 0.6) is 0 Å². The fourth-order valence-corrected chi connectivity index (χ4v) is 2.08. The van der Waals surface area contributed by atoms with Gasteiger partial charge in [0.2, 0.25) is 0 Å². The zero-order chi connectivity index (χ0) is 12.8. The van der Waals surface area contributed by atoms with E-state index in [4.69, 9.17) is 4.89 Å². The van der Waals surface area contributed by atoms with Crippen molar-refractivity contribution in [2.75, 3.05) is 6.61 Å². The molecule has 1 unspecified atom stereocenters. The van der Waals surface area contributed by atoms with Crippen LogP contribution in [0.25, 0.3) is 0 Å². The number of unbranched alkanes of at least 4 members (excludes halogenated alkanes) is 9. The van der Waals surface area contributed by atoms with Gasteiger partial charge in [-0.1, -0.05) is 64.7 Å². The van der Waals surface area contributed by atoms with Gasteiger partial charge in [0, 0.05) is 0 Å². The molecule has 0 aliphatic carbocycles. The first-order chi connectivity index (χ1) is 8.31. The Balaban J connectivity index is 2.94. The van der Waals surface area contributed by atoms with Crippen molar-refractivity contribution in [3.63, 3.8) is 0 Å². The van der Waals surface area contributed by atoms with E-state index in [1.165, 1.54) is 51.4 Å². The molecule has 5 heteroatoms. The summed E-state index contributed by atoms with van der Waals surface area (Å²) in [4.78, 5) is 8.65. The highest BCUT2D eigenvalue weighted by Crippen LogP contribution is 2.32. The van der Waals surface area contributed by atoms with Crippen LogP contribution in [0, 0.1) is 0 Å². The van der Waals surface area contributed by atoms with Crippen molar-refractivity contribution in [1.82, 2.24) is 0 Å². The SMILES string of the molecule is CCCCCCCCCCCCOP(O)OF. The average Bonchev–Trinajstić information content (AvgIpc) is 2.35. The van der Waals surface area contributed by atoms with E-state index >= 15 is 0 Å². The largest absolute Gasteiger partial charge is 0.366 e. The van der Waals surface area contributed by atoms with Crippen molar-refractivity contribution in [2.24, 2.45) is 0 Å². The molecule has 0 aliphatic heterocycles. The first kappa shape index (κ1) is 17.2. The minimum atomic E-state index is -2.28. The van der Waals surface area contributed by atoms with E-state index in [0.717, 1.165) is 12.8 Å². The molecule has 0 bridgehead atoms. The standard InChI is InChI=1S/C12H26FO3P/c1-2-3-4-5-6-7-8-9-10-11-12-15-17(14)16-13/h14H,2-12H2,1H3. The van der Waals surface area contributed by atoms with Gasteiger partial charge in [-0.2, -0.15) is 0 Å². The molecule has 0 saturated carbocycles. The number of hydrogen-bond acceptors (Lipinski definition) is 3. The molecule has 0 amide bonds. The second-order valence-electron chi connectivity index (χ2n) is 4.32. The molecule has 0 fully saturated rings. The van der Waals surface area contributed by atoms with Crippen LogP contribution in [0.1, 0.15) is 71.1 Å². The smallest absolute Gasteiger partial charge is 0.326 e. The van der Waals surface area contributed by atoms with Crippen molar-refractivity contribution in [1.29, 1.82) is 0 Å². The number of halogens is 1. The predicted molar refractivity (Wildman–Crippen MR) is 69.1 cm³/mol. The monoisotopic (exact) mass is 268 g/mol. The third-order valence-electron chi connectivity index (χ3n) is 2.76. The summed E-state index contributed by atoms with van der Waals surface area (Å²) >= 11 is 0. The molecule has 0 radical (unpaired) electrons. The highest BCUT2D eigenvalue weighted by Gasteiger charge is 2.05. The summed E-state index contributed by atoms with van der Waals surface area (Å²) in [7, 11) is -2.28. The van der Waals surface area contributed by atoms with Gasteiger partial charge in [-0.3, -0.25) is 0 Å². The van der Waals surface area contributed by atoms with Crippen LogP contribution in [-0.4, -0.2) is 11.5 Å². The van der Waals surface area contributed by atoms with E-state index in [9.17, 15) is 4.53 Å². The van der Waals surface area contributed by atoms with Gasteiger partial charge >= 0.3 is 8.60 Å². The first-order valence-corrected chi connectivity index (χ1v) is 7.85. The van der Waals surface area contributed by atoms with Crippen molar-refractivity contribution in [3.8, 4) is 0 Å². The van der Waals surface area contributed by atoms with E-state index in [1.807, 2.05) is 0 Å². The average molecular weight is 268 g/mol. The van der Waals surface area contributed by atoms with Crippen LogP contribution in [0.4, 0.5) is 4.53 Å². The van der Waals surface area contributed by atoms with Gasteiger partial charge in [-0.15, -0.1) is 4.73 Å². The lowest BCUT2D eigenvalue weighted by Gasteiger charge is -2.04. The Labute approximate surface area is 106 Å². The summed E-state index contributed by atoms with van der Waals surface area (Å²) < 4.78 is 19.2. The Kier molecular flexibility index (Phi) is 14.5. The summed E-state index contributed by atoms with van der Waals surface area (Å²) in [6.07, 6.45) is 12.4. The lowest BCUT2D eigenvalue weighted by molar-refractivity contribution is -0.0277. The summed E-state index contributed by atoms with van der Waals surface area (Å²) in [5.74, 6) is 0. The lowest BCUT2D eigenvalue weighted by atomic mass is 10.1. The minimum Gasteiger partial charge on any atom is -0.326 e. The molecule has 1 N–H and O–H groups in total. The van der Waals surface area contributed by atoms with Crippen LogP contribution < -0.4 is 0 Å². The molecule has 17 heavy (non-hydrogen) atoms. The summed E-state index contributed by atoms with van der Waals surface area (Å²) in [6, 6.07) is 0. The summed E-state index contributed by atoms with van der Waals surface area (Å²) in [5.41, 5.74) is 0. The fraction of sp³-hybridized carbons (Fsp3) is 1.00. The quantitative estimate of drug-likeness (QED) is 0.375. The van der Waals surface area contributed by atoms with Crippen molar-refractivity contribution in [3.05, 3.63) is 0 Å². The molecule has 0 saturated heterocycles. The number of hydrogen-bond donors (Lipinski definition) is 1. The topological polar surface area (TPSA) is 38.7 Å². The highest BCUT2D eigenvalue weighted by molar-refractivity contribution is 7.40. The molecule has 1 atom stereocenters. The molecule has 0 spiro atoms. The summed E-state index contributed by atoms with van der Waals surface area (Å²) in [5, 5.41) is 0. The number of rotatable bonds is 13. The minimum absolute atomic E-state index is 0.378. The van der Waals surface area contributed by atoms with Crippen LogP contribution >= 0.6 is 8.60 Å². The highest BCUT2D eigenvalue weighted by atomic mass is 31.2. The van der Waals surface area contributed by atoms with E-state index in [1.54, 1.807) is 0 Å². The predicted octanol–water partition coefficient (Wildman–Crippen LogP) is 5.04. The van der Waals surface area contributed by atoms with Crippen LogP contribution in [0.15, 0.2) is 0 Å². The molecule has 0 rings (SSSR count). The van der Waals surface area contributed by atoms with Gasteiger partial charge < -0.3 is 9.42 Å². The third-order valence-corrected chi connectivity index (χ3v) is 3.28. The molecule has 104 valence electrons. The van der Waals surface area contributed by atoms with E-state index in [2.05, 4.69) is 16.2 Å². The molecule has 0 aromatic carbocycles. The second-order valence-corrected chi connectivity index (χ2v) is 5.19. The molecule has 3 nitrogen and oxygen atoms in total. The van der Waals surface area contributed by atoms with Crippen molar-refractivity contribution >= 4 is 8.60 Å². The Morgan fingerprint density at radius 3 is 1.82 bits per heavy atom. The van der Waals surface area contributed by atoms with E-state index in [-0.39, 0.29) is 0 Å². The fourth-order valence-electron chi connectivity index (χ4n) is 1.75.